The lowest BCUT2D eigenvalue weighted by molar-refractivity contribution is 1.18. The van der Waals surface area contributed by atoms with Crippen molar-refractivity contribution in [2.75, 3.05) is 4.90 Å². The van der Waals surface area contributed by atoms with E-state index in [9.17, 15) is 0 Å². The Kier molecular flexibility index (Phi) is 8.69. The van der Waals surface area contributed by atoms with E-state index in [0.29, 0.717) is 5.82 Å². The van der Waals surface area contributed by atoms with E-state index in [4.69, 9.17) is 9.97 Å². The largest absolute Gasteiger partial charge is 0.310 e. The van der Waals surface area contributed by atoms with Gasteiger partial charge in [-0.1, -0.05) is 151 Å². The van der Waals surface area contributed by atoms with E-state index < -0.39 is 0 Å². The molecule has 0 unspecified atom stereocenters. The zero-order valence-electron chi connectivity index (χ0n) is 31.5. The van der Waals surface area contributed by atoms with Gasteiger partial charge in [-0.15, -0.1) is 0 Å². The summed E-state index contributed by atoms with van der Waals surface area (Å²) in [4.78, 5) is 12.3. The van der Waals surface area contributed by atoms with Gasteiger partial charge in [0.25, 0.3) is 0 Å². The monoisotopic (exact) mass is 730 g/mol. The molecule has 0 saturated heterocycles. The van der Waals surface area contributed by atoms with Gasteiger partial charge in [0.05, 0.1) is 22.4 Å². The van der Waals surface area contributed by atoms with Crippen LogP contribution in [0.1, 0.15) is 5.56 Å². The van der Waals surface area contributed by atoms with E-state index in [-0.39, 0.29) is 0 Å². The SMILES string of the molecule is Cc1ccc(N(c2ccccc2)c2ccc3c(c2)c2ccccc2n3-c2ccc(-c3ccc(-c4cc(-c5ccccc5)nc(-c5ccccc5)n4)cc3)cc2)cc1. The molecule has 0 aliphatic rings. The fraction of sp³-hybridized carbons (Fsp3) is 0.0189. The van der Waals surface area contributed by atoms with Gasteiger partial charge in [-0.3, -0.25) is 0 Å². The Bertz CT molecular complexity index is 2910. The molecule has 0 saturated carbocycles. The summed E-state index contributed by atoms with van der Waals surface area (Å²) in [6, 6.07) is 75.1. The van der Waals surface area contributed by atoms with Gasteiger partial charge in [0.15, 0.2) is 5.82 Å². The van der Waals surface area contributed by atoms with Crippen LogP contribution in [-0.4, -0.2) is 14.5 Å². The van der Waals surface area contributed by atoms with Crippen molar-refractivity contribution >= 4 is 38.9 Å². The van der Waals surface area contributed by atoms with Gasteiger partial charge in [0.2, 0.25) is 0 Å². The zero-order chi connectivity index (χ0) is 38.1. The molecular weight excluding hydrogens is 693 g/mol. The van der Waals surface area contributed by atoms with Crippen molar-refractivity contribution in [1.29, 1.82) is 0 Å². The van der Waals surface area contributed by atoms with Crippen molar-refractivity contribution in [3.8, 4) is 50.7 Å². The first-order valence-corrected chi connectivity index (χ1v) is 19.3. The molecule has 10 aromatic rings. The van der Waals surface area contributed by atoms with Gasteiger partial charge in [0.1, 0.15) is 0 Å². The number of anilines is 3. The highest BCUT2D eigenvalue weighted by molar-refractivity contribution is 6.10. The Labute approximate surface area is 332 Å². The molecule has 0 aliphatic carbocycles. The number of aromatic nitrogens is 3. The van der Waals surface area contributed by atoms with Crippen molar-refractivity contribution in [2.24, 2.45) is 0 Å². The maximum Gasteiger partial charge on any atom is 0.160 e. The third-order valence-corrected chi connectivity index (χ3v) is 10.7. The molecule has 270 valence electrons. The molecular formula is C53H38N4. The minimum Gasteiger partial charge on any atom is -0.310 e. The molecule has 4 heteroatoms. The summed E-state index contributed by atoms with van der Waals surface area (Å²) in [5, 5.41) is 2.44. The summed E-state index contributed by atoms with van der Waals surface area (Å²) in [6.07, 6.45) is 0. The zero-order valence-corrected chi connectivity index (χ0v) is 31.5. The number of hydrogen-bond acceptors (Lipinski definition) is 3. The molecule has 0 amide bonds. The molecule has 0 fully saturated rings. The summed E-state index contributed by atoms with van der Waals surface area (Å²) in [7, 11) is 0. The van der Waals surface area contributed by atoms with Crippen LogP contribution in [0.15, 0.2) is 212 Å². The number of para-hydroxylation sites is 2. The standard InChI is InChI=1S/C53H38N4/c1-37-21-29-44(30-22-37)56(43-17-9-4-10-18-43)46-33-34-52-48(35-46)47-19-11-12-20-51(47)57(52)45-31-27-39(28-32-45)38-23-25-41(26-24-38)50-36-49(40-13-5-2-6-14-40)54-53(55-50)42-15-7-3-8-16-42/h2-36H,1H3. The Morgan fingerprint density at radius 3 is 1.53 bits per heavy atom. The fourth-order valence-corrected chi connectivity index (χ4v) is 7.80. The molecule has 8 aromatic carbocycles. The Morgan fingerprint density at radius 1 is 0.368 bits per heavy atom. The second kappa shape index (κ2) is 14.6. The highest BCUT2D eigenvalue weighted by Gasteiger charge is 2.18. The van der Waals surface area contributed by atoms with Crippen molar-refractivity contribution in [1.82, 2.24) is 14.5 Å². The molecule has 0 radical (unpaired) electrons. The molecule has 10 rings (SSSR count). The third kappa shape index (κ3) is 6.53. The first-order chi connectivity index (χ1) is 28.2. The number of fused-ring (bicyclic) bond motifs is 3. The summed E-state index contributed by atoms with van der Waals surface area (Å²) in [6.45, 7) is 2.13. The van der Waals surface area contributed by atoms with E-state index in [0.717, 1.165) is 62.0 Å². The fourth-order valence-electron chi connectivity index (χ4n) is 7.80. The van der Waals surface area contributed by atoms with Crippen LogP contribution in [-0.2, 0) is 0 Å². The average molecular weight is 731 g/mol. The molecule has 0 aliphatic heterocycles. The minimum atomic E-state index is 0.715. The van der Waals surface area contributed by atoms with E-state index >= 15 is 0 Å². The van der Waals surface area contributed by atoms with Gasteiger partial charge in [-0.2, -0.15) is 0 Å². The highest BCUT2D eigenvalue weighted by Crippen LogP contribution is 2.40. The van der Waals surface area contributed by atoms with Crippen LogP contribution in [0.4, 0.5) is 17.1 Å². The van der Waals surface area contributed by atoms with Crippen molar-refractivity contribution in [3.05, 3.63) is 218 Å². The summed E-state index contributed by atoms with van der Waals surface area (Å²) < 4.78 is 2.38. The molecule has 2 heterocycles. The van der Waals surface area contributed by atoms with Crippen molar-refractivity contribution in [2.45, 2.75) is 6.92 Å². The smallest absolute Gasteiger partial charge is 0.160 e. The third-order valence-electron chi connectivity index (χ3n) is 10.7. The number of rotatable bonds is 8. The van der Waals surface area contributed by atoms with Crippen LogP contribution in [0.2, 0.25) is 0 Å². The minimum absolute atomic E-state index is 0.715. The van der Waals surface area contributed by atoms with E-state index in [1.54, 1.807) is 0 Å². The van der Waals surface area contributed by atoms with Gasteiger partial charge in [-0.05, 0) is 84.8 Å². The second-order valence-corrected chi connectivity index (χ2v) is 14.4. The van der Waals surface area contributed by atoms with E-state index in [2.05, 4.69) is 192 Å². The number of hydrogen-bond donors (Lipinski definition) is 0. The van der Waals surface area contributed by atoms with Crippen LogP contribution in [0.5, 0.6) is 0 Å². The van der Waals surface area contributed by atoms with Crippen LogP contribution < -0.4 is 4.90 Å². The predicted octanol–water partition coefficient (Wildman–Crippen LogP) is 14.0. The number of aryl methyl sites for hydroxylation is 1. The lowest BCUT2D eigenvalue weighted by atomic mass is 10.0. The van der Waals surface area contributed by atoms with Crippen molar-refractivity contribution < 1.29 is 0 Å². The average Bonchev–Trinajstić information content (AvgIpc) is 3.62. The highest BCUT2D eigenvalue weighted by atomic mass is 15.1. The van der Waals surface area contributed by atoms with Crippen LogP contribution in [0, 0.1) is 6.92 Å². The number of benzene rings is 8. The molecule has 57 heavy (non-hydrogen) atoms. The lowest BCUT2D eigenvalue weighted by Gasteiger charge is -2.25. The maximum absolute atomic E-state index is 5.02. The van der Waals surface area contributed by atoms with Gasteiger partial charge in [-0.25, -0.2) is 9.97 Å². The quantitative estimate of drug-likeness (QED) is 0.156. The lowest BCUT2D eigenvalue weighted by Crippen LogP contribution is -2.09. The van der Waals surface area contributed by atoms with E-state index in [1.807, 2.05) is 36.4 Å². The molecule has 4 nitrogen and oxygen atoms in total. The maximum atomic E-state index is 5.02. The van der Waals surface area contributed by atoms with Crippen LogP contribution in [0.3, 0.4) is 0 Å². The van der Waals surface area contributed by atoms with Gasteiger partial charge in [0, 0.05) is 50.2 Å². The summed E-state index contributed by atoms with van der Waals surface area (Å²) >= 11 is 0. The van der Waals surface area contributed by atoms with Crippen LogP contribution >= 0.6 is 0 Å². The Morgan fingerprint density at radius 2 is 0.860 bits per heavy atom. The predicted molar refractivity (Wildman–Crippen MR) is 238 cm³/mol. The summed E-state index contributed by atoms with van der Waals surface area (Å²) in [5.74, 6) is 0.715. The van der Waals surface area contributed by atoms with Crippen molar-refractivity contribution in [3.63, 3.8) is 0 Å². The number of nitrogens with zero attached hydrogens (tertiary/aromatic N) is 4. The van der Waals surface area contributed by atoms with Gasteiger partial charge < -0.3 is 9.47 Å². The topological polar surface area (TPSA) is 34.0 Å². The molecule has 0 bridgehead atoms. The molecule has 0 N–H and O–H groups in total. The summed E-state index contributed by atoms with van der Waals surface area (Å²) in [5.41, 5.74) is 15.3. The normalized spacial score (nSPS) is 11.2. The molecule has 2 aromatic heterocycles. The Hall–Kier alpha value is -7.56. The first-order valence-electron chi connectivity index (χ1n) is 19.3. The van der Waals surface area contributed by atoms with E-state index in [1.165, 1.54) is 27.4 Å². The van der Waals surface area contributed by atoms with Gasteiger partial charge >= 0.3 is 0 Å². The van der Waals surface area contributed by atoms with Crippen LogP contribution in [0.25, 0.3) is 72.5 Å². The first kappa shape index (κ1) is 34.0. The molecule has 0 atom stereocenters. The second-order valence-electron chi connectivity index (χ2n) is 14.4. The molecule has 0 spiro atoms. The Balaban J connectivity index is 0.992.